The van der Waals surface area contributed by atoms with Crippen LogP contribution >= 0.6 is 23.2 Å². The van der Waals surface area contributed by atoms with Crippen molar-refractivity contribution in [1.29, 1.82) is 0 Å². The van der Waals surface area contributed by atoms with Crippen molar-refractivity contribution in [3.8, 4) is 0 Å². The Balaban J connectivity index is 2.08. The smallest absolute Gasteiger partial charge is 0.264 e. The van der Waals surface area contributed by atoms with Crippen LogP contribution in [0.5, 0.6) is 0 Å². The second kappa shape index (κ2) is 14.0. The zero-order valence-electron chi connectivity index (χ0n) is 23.1. The molecule has 0 bridgehead atoms. The molecule has 40 heavy (non-hydrogen) atoms. The fourth-order valence-corrected chi connectivity index (χ4v) is 6.24. The largest absolute Gasteiger partial charge is 0.352 e. The zero-order valence-corrected chi connectivity index (χ0v) is 25.4. The zero-order chi connectivity index (χ0) is 29.4. The number of carbonyl (C=O) groups is 2. The number of para-hydroxylation sites is 1. The number of halogens is 2. The summed E-state index contributed by atoms with van der Waals surface area (Å²) in [6.45, 7) is 6.92. The van der Waals surface area contributed by atoms with E-state index >= 15 is 0 Å². The topological polar surface area (TPSA) is 86.8 Å². The van der Waals surface area contributed by atoms with Gasteiger partial charge in [-0.1, -0.05) is 79.5 Å². The first-order valence-electron chi connectivity index (χ1n) is 13.2. The highest BCUT2D eigenvalue weighted by Gasteiger charge is 2.34. The van der Waals surface area contributed by atoms with Crippen molar-refractivity contribution in [2.75, 3.05) is 10.8 Å². The molecule has 2 amide bonds. The molecule has 0 aliphatic carbocycles. The van der Waals surface area contributed by atoms with Gasteiger partial charge in [0.25, 0.3) is 10.0 Å². The van der Waals surface area contributed by atoms with Crippen molar-refractivity contribution in [2.24, 2.45) is 0 Å². The fraction of sp³-hybridized carbons (Fsp3) is 0.333. The van der Waals surface area contributed by atoms with E-state index in [1.165, 1.54) is 17.0 Å². The van der Waals surface area contributed by atoms with Gasteiger partial charge < -0.3 is 10.2 Å². The fourth-order valence-electron chi connectivity index (χ4n) is 4.27. The van der Waals surface area contributed by atoms with Crippen molar-refractivity contribution >= 4 is 50.7 Å². The van der Waals surface area contributed by atoms with E-state index in [1.807, 2.05) is 20.8 Å². The Morgan fingerprint density at radius 1 is 0.925 bits per heavy atom. The monoisotopic (exact) mass is 603 g/mol. The number of benzene rings is 3. The molecule has 0 aromatic heterocycles. The number of aryl methyl sites for hydroxylation is 1. The molecule has 2 atom stereocenters. The second-order valence-electron chi connectivity index (χ2n) is 9.61. The number of hydrogen-bond acceptors (Lipinski definition) is 4. The third kappa shape index (κ3) is 7.56. The predicted octanol–water partition coefficient (Wildman–Crippen LogP) is 6.22. The van der Waals surface area contributed by atoms with Gasteiger partial charge in [0.1, 0.15) is 12.6 Å². The summed E-state index contributed by atoms with van der Waals surface area (Å²) in [7, 11) is -4.13. The van der Waals surface area contributed by atoms with Gasteiger partial charge in [0.2, 0.25) is 11.8 Å². The van der Waals surface area contributed by atoms with Gasteiger partial charge in [0.05, 0.1) is 10.6 Å². The van der Waals surface area contributed by atoms with Gasteiger partial charge in [-0.15, -0.1) is 0 Å². The molecular formula is C30H35Cl2N3O4S. The highest BCUT2D eigenvalue weighted by molar-refractivity contribution is 7.92. The van der Waals surface area contributed by atoms with Crippen LogP contribution in [0.15, 0.2) is 77.7 Å². The van der Waals surface area contributed by atoms with Gasteiger partial charge in [-0.25, -0.2) is 8.42 Å². The van der Waals surface area contributed by atoms with Crippen molar-refractivity contribution in [3.63, 3.8) is 0 Å². The highest BCUT2D eigenvalue weighted by atomic mass is 35.5. The molecule has 0 saturated heterocycles. The van der Waals surface area contributed by atoms with E-state index in [-0.39, 0.29) is 23.4 Å². The molecule has 0 fully saturated rings. The summed E-state index contributed by atoms with van der Waals surface area (Å²) in [6, 6.07) is 18.9. The third-order valence-electron chi connectivity index (χ3n) is 6.74. The molecule has 1 N–H and O–H groups in total. The average molecular weight is 605 g/mol. The van der Waals surface area contributed by atoms with E-state index in [4.69, 9.17) is 23.2 Å². The van der Waals surface area contributed by atoms with Crippen LogP contribution in [0.2, 0.25) is 10.0 Å². The normalized spacial score (nSPS) is 12.8. The van der Waals surface area contributed by atoms with Crippen LogP contribution in [0.4, 0.5) is 5.69 Å². The Labute approximate surface area is 247 Å². The standard InChI is InChI=1S/C30H35Cl2N3O4S/c1-5-22(4)33-30(37)27(6-2)34(19-23-16-17-24(31)18-26(23)32)29(36)20-35(28-15-11-10-12-21(28)3)40(38,39)25-13-8-7-9-14-25/h7-18,22,27H,5-6,19-20H2,1-4H3,(H,33,37). The summed E-state index contributed by atoms with van der Waals surface area (Å²) >= 11 is 12.5. The van der Waals surface area contributed by atoms with Crippen LogP contribution in [0, 0.1) is 6.92 Å². The second-order valence-corrected chi connectivity index (χ2v) is 12.3. The number of sulfonamides is 1. The number of rotatable bonds is 12. The first-order valence-corrected chi connectivity index (χ1v) is 15.4. The van der Waals surface area contributed by atoms with Crippen LogP contribution < -0.4 is 9.62 Å². The van der Waals surface area contributed by atoms with Gasteiger partial charge >= 0.3 is 0 Å². The Hall–Kier alpha value is -3.07. The van der Waals surface area contributed by atoms with Gasteiger partial charge in [-0.3, -0.25) is 13.9 Å². The SMILES string of the molecule is CCC(C)NC(=O)C(CC)N(Cc1ccc(Cl)cc1Cl)C(=O)CN(c1ccccc1C)S(=O)(=O)c1ccccc1. The minimum Gasteiger partial charge on any atom is -0.352 e. The Kier molecular flexibility index (Phi) is 11.0. The van der Waals surface area contributed by atoms with Crippen LogP contribution in [0.3, 0.4) is 0 Å². The molecule has 0 aliphatic rings. The lowest BCUT2D eigenvalue weighted by molar-refractivity contribution is -0.140. The summed E-state index contributed by atoms with van der Waals surface area (Å²) < 4.78 is 28.9. The van der Waals surface area contributed by atoms with Crippen molar-refractivity contribution in [1.82, 2.24) is 10.2 Å². The molecule has 3 aromatic rings. The van der Waals surface area contributed by atoms with Crippen molar-refractivity contribution in [3.05, 3.63) is 94.0 Å². The minimum absolute atomic E-state index is 0.00569. The summed E-state index contributed by atoms with van der Waals surface area (Å²) in [4.78, 5) is 28.9. The van der Waals surface area contributed by atoms with Gasteiger partial charge in [-0.05, 0) is 68.1 Å². The number of hydrogen-bond donors (Lipinski definition) is 1. The number of carbonyl (C=O) groups excluding carboxylic acids is 2. The van der Waals surface area contributed by atoms with Crippen LogP contribution in [0.25, 0.3) is 0 Å². The number of amides is 2. The lowest BCUT2D eigenvalue weighted by atomic mass is 10.1. The third-order valence-corrected chi connectivity index (χ3v) is 9.10. The molecule has 0 radical (unpaired) electrons. The number of nitrogens with one attached hydrogen (secondary N) is 1. The molecule has 0 saturated carbocycles. The molecular weight excluding hydrogens is 569 g/mol. The molecule has 0 spiro atoms. The van der Waals surface area contributed by atoms with E-state index in [0.717, 1.165) is 10.7 Å². The maximum atomic E-state index is 14.1. The van der Waals surface area contributed by atoms with E-state index in [1.54, 1.807) is 67.6 Å². The minimum atomic E-state index is -4.13. The van der Waals surface area contributed by atoms with E-state index in [9.17, 15) is 18.0 Å². The number of anilines is 1. The van der Waals surface area contributed by atoms with Gasteiger partial charge in [0, 0.05) is 22.6 Å². The predicted molar refractivity (Wildman–Crippen MR) is 161 cm³/mol. The summed E-state index contributed by atoms with van der Waals surface area (Å²) in [5.74, 6) is -0.858. The van der Waals surface area contributed by atoms with Crippen molar-refractivity contribution < 1.29 is 18.0 Å². The van der Waals surface area contributed by atoms with E-state index < -0.39 is 28.5 Å². The molecule has 0 aliphatic heterocycles. The van der Waals surface area contributed by atoms with Gasteiger partial charge in [-0.2, -0.15) is 0 Å². The van der Waals surface area contributed by atoms with Crippen molar-refractivity contribution in [2.45, 2.75) is 64.1 Å². The molecule has 7 nitrogen and oxygen atoms in total. The molecule has 0 heterocycles. The molecule has 3 rings (SSSR count). The summed E-state index contributed by atoms with van der Waals surface area (Å²) in [5.41, 5.74) is 1.65. The molecule has 3 aromatic carbocycles. The Morgan fingerprint density at radius 2 is 1.57 bits per heavy atom. The quantitative estimate of drug-likeness (QED) is 0.266. The summed E-state index contributed by atoms with van der Waals surface area (Å²) in [5, 5.41) is 3.74. The molecule has 10 heteroatoms. The maximum absolute atomic E-state index is 14.1. The van der Waals surface area contributed by atoms with E-state index in [2.05, 4.69) is 5.32 Å². The lowest BCUT2D eigenvalue weighted by Crippen LogP contribution is -2.53. The van der Waals surface area contributed by atoms with Crippen LogP contribution in [-0.4, -0.2) is 43.8 Å². The highest BCUT2D eigenvalue weighted by Crippen LogP contribution is 2.28. The van der Waals surface area contributed by atoms with Crippen LogP contribution in [0.1, 0.15) is 44.7 Å². The first kappa shape index (κ1) is 31.5. The first-order chi connectivity index (χ1) is 19.0. The Morgan fingerprint density at radius 3 is 2.17 bits per heavy atom. The Bertz CT molecular complexity index is 1430. The average Bonchev–Trinajstić information content (AvgIpc) is 2.93. The van der Waals surface area contributed by atoms with Gasteiger partial charge in [0.15, 0.2) is 0 Å². The summed E-state index contributed by atoms with van der Waals surface area (Å²) in [6.07, 6.45) is 1.03. The number of nitrogens with zero attached hydrogens (tertiary/aromatic N) is 2. The lowest BCUT2D eigenvalue weighted by Gasteiger charge is -2.34. The van der Waals surface area contributed by atoms with Crippen LogP contribution in [-0.2, 0) is 26.2 Å². The molecule has 2 unspecified atom stereocenters. The maximum Gasteiger partial charge on any atom is 0.264 e. The van der Waals surface area contributed by atoms with E-state index in [0.29, 0.717) is 33.3 Å². The molecule has 214 valence electrons.